The van der Waals surface area contributed by atoms with E-state index >= 15 is 0 Å². The number of hydrogen-bond acceptors (Lipinski definition) is 3. The Balaban J connectivity index is 3.67. The molecule has 0 radical (unpaired) electrons. The van der Waals surface area contributed by atoms with Crippen LogP contribution < -0.4 is 10.6 Å². The molecule has 6 heteroatoms. The van der Waals surface area contributed by atoms with Gasteiger partial charge in [0, 0.05) is 13.3 Å². The lowest BCUT2D eigenvalue weighted by molar-refractivity contribution is 0.244. The number of sulfone groups is 1. The molecule has 0 aliphatic rings. The van der Waals surface area contributed by atoms with Crippen LogP contribution in [0.25, 0.3) is 0 Å². The molecular weight excluding hydrogens is 156 g/mol. The van der Waals surface area contributed by atoms with Gasteiger partial charge in [0.2, 0.25) is 0 Å². The van der Waals surface area contributed by atoms with Crippen LogP contribution in [0, 0.1) is 0 Å². The summed E-state index contributed by atoms with van der Waals surface area (Å²) in [5.41, 5.74) is 0. The Kier molecular flexibility index (Phi) is 3.14. The number of hydrogen-bond donors (Lipinski definition) is 2. The first-order valence-electron chi connectivity index (χ1n) is 2.59. The lowest BCUT2D eigenvalue weighted by Crippen LogP contribution is -2.35. The zero-order valence-electron chi connectivity index (χ0n) is 5.84. The third-order valence-electron chi connectivity index (χ3n) is 0.722. The average molecular weight is 166 g/mol. The van der Waals surface area contributed by atoms with Crippen molar-refractivity contribution in [1.29, 1.82) is 0 Å². The smallest absolute Gasteiger partial charge is 0.315 e. The van der Waals surface area contributed by atoms with E-state index in [1.165, 1.54) is 7.05 Å². The normalized spacial score (nSPS) is 10.6. The summed E-state index contributed by atoms with van der Waals surface area (Å²) >= 11 is 0. The first kappa shape index (κ1) is 9.22. The molecule has 0 aromatic heterocycles. The highest BCUT2D eigenvalue weighted by Gasteiger charge is 2.02. The number of rotatable bonds is 2. The Morgan fingerprint density at radius 3 is 2.30 bits per heavy atom. The molecule has 5 nitrogen and oxygen atoms in total. The standard InChI is InChI=1S/C4H10N2O3S/c1-5-4(7)6-3-10(2,8)9/h3H2,1-2H3,(H2,5,6,7). The van der Waals surface area contributed by atoms with Gasteiger partial charge in [-0.2, -0.15) is 0 Å². The molecule has 0 bridgehead atoms. The van der Waals surface area contributed by atoms with Crippen LogP contribution in [-0.2, 0) is 9.84 Å². The highest BCUT2D eigenvalue weighted by atomic mass is 32.2. The van der Waals surface area contributed by atoms with Gasteiger partial charge >= 0.3 is 6.03 Å². The van der Waals surface area contributed by atoms with Crippen LogP contribution >= 0.6 is 0 Å². The van der Waals surface area contributed by atoms with E-state index in [0.717, 1.165) is 6.26 Å². The Morgan fingerprint density at radius 2 is 2.00 bits per heavy atom. The molecule has 0 aliphatic carbocycles. The molecular formula is C4H10N2O3S. The van der Waals surface area contributed by atoms with Crippen LogP contribution in [0.3, 0.4) is 0 Å². The van der Waals surface area contributed by atoms with Crippen molar-refractivity contribution in [3.63, 3.8) is 0 Å². The molecule has 0 rings (SSSR count). The number of carbonyl (C=O) groups is 1. The van der Waals surface area contributed by atoms with Gasteiger partial charge in [-0.3, -0.25) is 0 Å². The van der Waals surface area contributed by atoms with E-state index in [1.807, 2.05) is 0 Å². The second kappa shape index (κ2) is 3.40. The van der Waals surface area contributed by atoms with E-state index in [4.69, 9.17) is 0 Å². The molecule has 60 valence electrons. The summed E-state index contributed by atoms with van der Waals surface area (Å²) < 4.78 is 20.8. The number of carbonyl (C=O) groups excluding carboxylic acids is 1. The van der Waals surface area contributed by atoms with E-state index in [9.17, 15) is 13.2 Å². The third kappa shape index (κ3) is 5.36. The van der Waals surface area contributed by atoms with Gasteiger partial charge in [-0.1, -0.05) is 0 Å². The van der Waals surface area contributed by atoms with Crippen molar-refractivity contribution in [3.05, 3.63) is 0 Å². The molecule has 0 unspecified atom stereocenters. The van der Waals surface area contributed by atoms with Crippen molar-refractivity contribution in [2.75, 3.05) is 19.2 Å². The summed E-state index contributed by atoms with van der Waals surface area (Å²) in [6.07, 6.45) is 1.04. The fraction of sp³-hybridized carbons (Fsp3) is 0.750. The Labute approximate surface area is 59.7 Å². The van der Waals surface area contributed by atoms with Crippen LogP contribution in [-0.4, -0.2) is 33.6 Å². The van der Waals surface area contributed by atoms with Crippen LogP contribution in [0.15, 0.2) is 0 Å². The fourth-order valence-electron chi connectivity index (χ4n) is 0.285. The quantitative estimate of drug-likeness (QED) is 0.547. The third-order valence-corrected chi connectivity index (χ3v) is 1.39. The summed E-state index contributed by atoms with van der Waals surface area (Å²) in [6, 6.07) is -0.495. The molecule has 0 aromatic rings. The van der Waals surface area contributed by atoms with E-state index < -0.39 is 15.9 Å². The second-order valence-electron chi connectivity index (χ2n) is 1.83. The van der Waals surface area contributed by atoms with Crippen molar-refractivity contribution in [3.8, 4) is 0 Å². The molecule has 0 spiro atoms. The molecule has 0 saturated carbocycles. The minimum atomic E-state index is -3.10. The lowest BCUT2D eigenvalue weighted by atomic mass is 11.0. The zero-order chi connectivity index (χ0) is 8.20. The van der Waals surface area contributed by atoms with Crippen molar-refractivity contribution in [2.45, 2.75) is 0 Å². The highest BCUT2D eigenvalue weighted by Crippen LogP contribution is 1.75. The Bertz CT molecular complexity index is 209. The summed E-state index contributed by atoms with van der Waals surface area (Å²) in [6.45, 7) is 0. The van der Waals surface area contributed by atoms with E-state index in [1.54, 1.807) is 0 Å². The molecule has 10 heavy (non-hydrogen) atoms. The van der Waals surface area contributed by atoms with Crippen molar-refractivity contribution >= 4 is 15.9 Å². The monoisotopic (exact) mass is 166 g/mol. The van der Waals surface area contributed by atoms with Crippen LogP contribution in [0.4, 0.5) is 4.79 Å². The largest absolute Gasteiger partial charge is 0.341 e. The Hall–Kier alpha value is -0.780. The highest BCUT2D eigenvalue weighted by molar-refractivity contribution is 7.90. The van der Waals surface area contributed by atoms with E-state index in [-0.39, 0.29) is 5.88 Å². The maximum absolute atomic E-state index is 10.4. The van der Waals surface area contributed by atoms with E-state index in [2.05, 4.69) is 10.6 Å². The van der Waals surface area contributed by atoms with Gasteiger partial charge in [0.25, 0.3) is 0 Å². The van der Waals surface area contributed by atoms with E-state index in [0.29, 0.717) is 0 Å². The second-order valence-corrected chi connectivity index (χ2v) is 3.97. The maximum Gasteiger partial charge on any atom is 0.315 e. The summed E-state index contributed by atoms with van der Waals surface area (Å²) in [5, 5.41) is 4.36. The maximum atomic E-state index is 10.4. The molecule has 0 atom stereocenters. The molecule has 0 fully saturated rings. The average Bonchev–Trinajstić information content (AvgIpc) is 1.81. The summed E-state index contributed by atoms with van der Waals surface area (Å²) in [7, 11) is -1.69. The molecule has 0 saturated heterocycles. The first-order chi connectivity index (χ1) is 4.45. The molecule has 2 amide bonds. The predicted molar refractivity (Wildman–Crippen MR) is 37.3 cm³/mol. The molecule has 0 aromatic carbocycles. The van der Waals surface area contributed by atoms with Crippen molar-refractivity contribution in [2.24, 2.45) is 0 Å². The number of amides is 2. The minimum Gasteiger partial charge on any atom is -0.341 e. The molecule has 0 heterocycles. The number of nitrogens with one attached hydrogen (secondary N) is 2. The lowest BCUT2D eigenvalue weighted by Gasteiger charge is -2.00. The van der Waals surface area contributed by atoms with Crippen LogP contribution in [0.1, 0.15) is 0 Å². The van der Waals surface area contributed by atoms with Crippen molar-refractivity contribution < 1.29 is 13.2 Å². The van der Waals surface area contributed by atoms with Gasteiger partial charge in [-0.15, -0.1) is 0 Å². The van der Waals surface area contributed by atoms with Crippen LogP contribution in [0.2, 0.25) is 0 Å². The fourth-order valence-corrected chi connectivity index (χ4v) is 0.678. The zero-order valence-corrected chi connectivity index (χ0v) is 6.66. The van der Waals surface area contributed by atoms with Gasteiger partial charge in [0.1, 0.15) is 5.88 Å². The Morgan fingerprint density at radius 1 is 1.50 bits per heavy atom. The number of urea groups is 1. The van der Waals surface area contributed by atoms with Gasteiger partial charge in [0.05, 0.1) is 0 Å². The summed E-state index contributed by atoms with van der Waals surface area (Å²) in [5.74, 6) is -0.327. The molecule has 2 N–H and O–H groups in total. The topological polar surface area (TPSA) is 75.3 Å². The van der Waals surface area contributed by atoms with Gasteiger partial charge in [0.15, 0.2) is 9.84 Å². The van der Waals surface area contributed by atoms with Gasteiger partial charge in [-0.05, 0) is 0 Å². The summed E-state index contributed by atoms with van der Waals surface area (Å²) in [4.78, 5) is 10.4. The van der Waals surface area contributed by atoms with Gasteiger partial charge < -0.3 is 10.6 Å². The van der Waals surface area contributed by atoms with Gasteiger partial charge in [-0.25, -0.2) is 13.2 Å². The van der Waals surface area contributed by atoms with Crippen LogP contribution in [0.5, 0.6) is 0 Å². The predicted octanol–water partition coefficient (Wildman–Crippen LogP) is -1.08. The molecule has 0 aliphatic heterocycles. The minimum absolute atomic E-state index is 0.327. The van der Waals surface area contributed by atoms with Crippen molar-refractivity contribution in [1.82, 2.24) is 10.6 Å². The first-order valence-corrected chi connectivity index (χ1v) is 4.65. The SMILES string of the molecule is CNC(=O)NCS(C)(=O)=O.